The van der Waals surface area contributed by atoms with E-state index in [1.807, 2.05) is 32.0 Å². The molecule has 1 unspecified atom stereocenters. The van der Waals surface area contributed by atoms with Gasteiger partial charge in [-0.25, -0.2) is 4.39 Å². The summed E-state index contributed by atoms with van der Waals surface area (Å²) in [6.07, 6.45) is 2.38. The largest absolute Gasteiger partial charge is 0.324 e. The molecule has 94 valence electrons. The zero-order valence-electron chi connectivity index (χ0n) is 10.7. The normalized spacial score (nSPS) is 12.4. The lowest BCUT2D eigenvalue weighted by Gasteiger charge is -2.14. The number of hydrogen-bond donors (Lipinski definition) is 1. The lowest BCUT2D eigenvalue weighted by atomic mass is 9.99. The highest BCUT2D eigenvalue weighted by Gasteiger charge is 2.11. The van der Waals surface area contributed by atoms with Gasteiger partial charge in [0.25, 0.3) is 0 Å². The van der Waals surface area contributed by atoms with Gasteiger partial charge in [-0.1, -0.05) is 12.1 Å². The van der Waals surface area contributed by atoms with E-state index in [-0.39, 0.29) is 11.9 Å². The van der Waals surface area contributed by atoms with Gasteiger partial charge >= 0.3 is 0 Å². The zero-order chi connectivity index (χ0) is 13.1. The number of halogens is 1. The van der Waals surface area contributed by atoms with Gasteiger partial charge in [0.05, 0.1) is 0 Å². The van der Waals surface area contributed by atoms with E-state index in [4.69, 9.17) is 5.73 Å². The van der Waals surface area contributed by atoms with E-state index in [9.17, 15) is 4.39 Å². The third-order valence-electron chi connectivity index (χ3n) is 3.02. The van der Waals surface area contributed by atoms with E-state index >= 15 is 0 Å². The second-order valence-corrected chi connectivity index (χ2v) is 4.64. The number of rotatable bonds is 3. The van der Waals surface area contributed by atoms with Crippen molar-refractivity contribution in [2.24, 2.45) is 5.73 Å². The molecule has 0 amide bonds. The molecular formula is C15H17FN2. The van der Waals surface area contributed by atoms with E-state index in [1.54, 1.807) is 6.20 Å². The summed E-state index contributed by atoms with van der Waals surface area (Å²) in [5.41, 5.74) is 9.91. The third kappa shape index (κ3) is 2.93. The number of nitrogens with zero attached hydrogens (tertiary/aromatic N) is 1. The fourth-order valence-corrected chi connectivity index (χ4v) is 2.04. The van der Waals surface area contributed by atoms with Crippen LogP contribution in [-0.4, -0.2) is 4.98 Å². The molecule has 18 heavy (non-hydrogen) atoms. The molecule has 0 aliphatic heterocycles. The van der Waals surface area contributed by atoms with Gasteiger partial charge in [0.2, 0.25) is 0 Å². The molecule has 0 radical (unpaired) electrons. The first-order chi connectivity index (χ1) is 8.56. The van der Waals surface area contributed by atoms with Gasteiger partial charge in [-0.05, 0) is 48.7 Å². The molecule has 2 rings (SSSR count). The quantitative estimate of drug-likeness (QED) is 0.901. The maximum atomic E-state index is 13.3. The van der Waals surface area contributed by atoms with Gasteiger partial charge in [-0.15, -0.1) is 0 Å². The van der Waals surface area contributed by atoms with Gasteiger partial charge in [0.1, 0.15) is 5.82 Å². The summed E-state index contributed by atoms with van der Waals surface area (Å²) in [5, 5.41) is 0. The highest BCUT2D eigenvalue weighted by molar-refractivity contribution is 5.28. The summed E-state index contributed by atoms with van der Waals surface area (Å²) in [5.74, 6) is -0.238. The molecule has 0 saturated carbocycles. The van der Waals surface area contributed by atoms with Crippen LogP contribution in [0.3, 0.4) is 0 Å². The predicted octanol–water partition coefficient (Wildman–Crippen LogP) is 3.08. The van der Waals surface area contributed by atoms with Crippen molar-refractivity contribution in [3.05, 3.63) is 64.7 Å². The molecule has 1 aromatic heterocycles. The van der Waals surface area contributed by atoms with E-state index in [2.05, 4.69) is 4.98 Å². The third-order valence-corrected chi connectivity index (χ3v) is 3.02. The van der Waals surface area contributed by atoms with Crippen molar-refractivity contribution < 1.29 is 4.39 Å². The Morgan fingerprint density at radius 1 is 1.28 bits per heavy atom. The van der Waals surface area contributed by atoms with Crippen molar-refractivity contribution in [2.45, 2.75) is 26.3 Å². The van der Waals surface area contributed by atoms with Crippen LogP contribution in [0.1, 0.15) is 28.4 Å². The minimum Gasteiger partial charge on any atom is -0.324 e. The minimum atomic E-state index is -0.238. The smallest absolute Gasteiger partial charge is 0.123 e. The van der Waals surface area contributed by atoms with Gasteiger partial charge < -0.3 is 5.73 Å². The molecule has 1 heterocycles. The van der Waals surface area contributed by atoms with Crippen LogP contribution in [0.25, 0.3) is 0 Å². The number of aromatic nitrogens is 1. The maximum absolute atomic E-state index is 13.3. The average Bonchev–Trinajstić information content (AvgIpc) is 2.31. The van der Waals surface area contributed by atoms with Crippen LogP contribution >= 0.6 is 0 Å². The first-order valence-corrected chi connectivity index (χ1v) is 5.99. The Balaban J connectivity index is 2.22. The summed E-state index contributed by atoms with van der Waals surface area (Å²) in [6, 6.07) is 8.60. The van der Waals surface area contributed by atoms with E-state index in [1.165, 1.54) is 12.1 Å². The van der Waals surface area contributed by atoms with Crippen molar-refractivity contribution in [1.82, 2.24) is 4.98 Å². The Labute approximate surface area is 107 Å². The summed E-state index contributed by atoms with van der Waals surface area (Å²) in [7, 11) is 0. The van der Waals surface area contributed by atoms with Gasteiger partial charge in [0.15, 0.2) is 0 Å². The topological polar surface area (TPSA) is 38.9 Å². The maximum Gasteiger partial charge on any atom is 0.123 e. The second-order valence-electron chi connectivity index (χ2n) is 4.64. The molecule has 0 bridgehead atoms. The summed E-state index contributed by atoms with van der Waals surface area (Å²) >= 11 is 0. The lowest BCUT2D eigenvalue weighted by Crippen LogP contribution is -2.15. The first-order valence-electron chi connectivity index (χ1n) is 5.99. The predicted molar refractivity (Wildman–Crippen MR) is 70.7 cm³/mol. The molecule has 2 nitrogen and oxygen atoms in total. The number of pyridine rings is 1. The fraction of sp³-hybridized carbons (Fsp3) is 0.267. The summed E-state index contributed by atoms with van der Waals surface area (Å²) < 4.78 is 13.3. The van der Waals surface area contributed by atoms with Crippen LogP contribution in [-0.2, 0) is 6.42 Å². The van der Waals surface area contributed by atoms with Crippen molar-refractivity contribution >= 4 is 0 Å². The Morgan fingerprint density at radius 3 is 2.72 bits per heavy atom. The van der Waals surface area contributed by atoms with Crippen molar-refractivity contribution in [2.75, 3.05) is 0 Å². The van der Waals surface area contributed by atoms with Crippen molar-refractivity contribution in [1.29, 1.82) is 0 Å². The first kappa shape index (κ1) is 12.7. The van der Waals surface area contributed by atoms with Crippen LogP contribution in [0.2, 0.25) is 0 Å². The van der Waals surface area contributed by atoms with E-state index < -0.39 is 0 Å². The molecule has 0 saturated heterocycles. The highest BCUT2D eigenvalue weighted by Crippen LogP contribution is 2.19. The number of nitrogens with two attached hydrogens (primary N) is 1. The molecular weight excluding hydrogens is 227 g/mol. The highest BCUT2D eigenvalue weighted by atomic mass is 19.1. The Kier molecular flexibility index (Phi) is 3.72. The minimum absolute atomic E-state index is 0.229. The molecule has 2 aromatic rings. The molecule has 2 N–H and O–H groups in total. The fourth-order valence-electron chi connectivity index (χ4n) is 2.04. The van der Waals surface area contributed by atoms with Crippen molar-refractivity contribution in [3.8, 4) is 0 Å². The van der Waals surface area contributed by atoms with Gasteiger partial charge in [0, 0.05) is 24.4 Å². The number of hydrogen-bond acceptors (Lipinski definition) is 2. The lowest BCUT2D eigenvalue weighted by molar-refractivity contribution is 0.616. The SMILES string of the molecule is Cc1cc(F)cc(C(N)Cc2ncccc2C)c1. The van der Waals surface area contributed by atoms with Crippen LogP contribution in [0, 0.1) is 19.7 Å². The molecule has 0 aliphatic carbocycles. The summed E-state index contributed by atoms with van der Waals surface area (Å²) in [6.45, 7) is 3.87. The van der Waals surface area contributed by atoms with Crippen LogP contribution < -0.4 is 5.73 Å². The number of benzene rings is 1. The van der Waals surface area contributed by atoms with Gasteiger partial charge in [-0.3, -0.25) is 4.98 Å². The van der Waals surface area contributed by atoms with Crippen molar-refractivity contribution in [3.63, 3.8) is 0 Å². The molecule has 0 aliphatic rings. The van der Waals surface area contributed by atoms with Crippen LogP contribution in [0.5, 0.6) is 0 Å². The zero-order valence-corrected chi connectivity index (χ0v) is 10.7. The van der Waals surface area contributed by atoms with Crippen LogP contribution in [0.4, 0.5) is 4.39 Å². The second kappa shape index (κ2) is 5.27. The van der Waals surface area contributed by atoms with Crippen LogP contribution in [0.15, 0.2) is 36.5 Å². The molecule has 3 heteroatoms. The average molecular weight is 244 g/mol. The molecule has 0 fully saturated rings. The summed E-state index contributed by atoms with van der Waals surface area (Å²) in [4.78, 5) is 4.31. The van der Waals surface area contributed by atoms with Gasteiger partial charge in [-0.2, -0.15) is 0 Å². The molecule has 1 atom stereocenters. The monoisotopic (exact) mass is 244 g/mol. The Bertz CT molecular complexity index is 532. The Morgan fingerprint density at radius 2 is 2.06 bits per heavy atom. The van der Waals surface area contributed by atoms with E-state index in [0.29, 0.717) is 6.42 Å². The molecule has 0 spiro atoms. The molecule has 1 aromatic carbocycles. The van der Waals surface area contributed by atoms with E-state index in [0.717, 1.165) is 22.4 Å². The number of aryl methyl sites for hydroxylation is 2. The standard InChI is InChI=1S/C15H17FN2/c1-10-6-12(8-13(16)7-10)14(17)9-15-11(2)4-3-5-18-15/h3-8,14H,9,17H2,1-2H3. The Hall–Kier alpha value is -1.74.